The minimum Gasteiger partial charge on any atom is -0.462 e. The molecule has 0 bridgehead atoms. The Hall–Kier alpha value is -1.75. The van der Waals surface area contributed by atoms with Crippen molar-refractivity contribution in [3.63, 3.8) is 0 Å². The van der Waals surface area contributed by atoms with Gasteiger partial charge in [0.1, 0.15) is 10.8 Å². The fourth-order valence-electron chi connectivity index (χ4n) is 1.99. The molecular formula is C16H24O4Si. The lowest BCUT2D eigenvalue weighted by molar-refractivity contribution is -0.138. The van der Waals surface area contributed by atoms with E-state index >= 15 is 0 Å². The topological polar surface area (TPSA) is 60.4 Å². The highest BCUT2D eigenvalue weighted by Gasteiger charge is 2.43. The molecule has 0 atom stereocenters. The highest BCUT2D eigenvalue weighted by Crippen LogP contribution is 2.21. The van der Waals surface area contributed by atoms with Gasteiger partial charge in [0.2, 0.25) is 8.07 Å². The van der Waals surface area contributed by atoms with Gasteiger partial charge in [-0.2, -0.15) is 0 Å². The number of ether oxygens (including phenoxy) is 1. The third-order valence-corrected chi connectivity index (χ3v) is 7.39. The molecule has 0 N–H and O–H groups in total. The van der Waals surface area contributed by atoms with E-state index < -0.39 is 14.0 Å². The first kappa shape index (κ1) is 19.2. The van der Waals surface area contributed by atoms with E-state index in [1.807, 2.05) is 0 Å². The molecule has 0 aromatic carbocycles. The molecule has 21 heavy (non-hydrogen) atoms. The van der Waals surface area contributed by atoms with Crippen molar-refractivity contribution in [3.05, 3.63) is 36.5 Å². The molecule has 0 radical (unpaired) electrons. The Balaban J connectivity index is 4.87. The molecule has 4 nitrogen and oxygen atoms in total. The summed E-state index contributed by atoms with van der Waals surface area (Å²) in [7, 11) is -2.87. The van der Waals surface area contributed by atoms with E-state index in [2.05, 4.69) is 19.7 Å². The van der Waals surface area contributed by atoms with Crippen molar-refractivity contribution in [1.82, 2.24) is 0 Å². The van der Waals surface area contributed by atoms with E-state index in [4.69, 9.17) is 4.74 Å². The molecule has 5 heteroatoms. The second kappa shape index (κ2) is 7.88. The number of hydrogen-bond acceptors (Lipinski definition) is 4. The van der Waals surface area contributed by atoms with Gasteiger partial charge in [-0.25, -0.2) is 4.79 Å². The quantitative estimate of drug-likeness (QED) is 0.284. The third kappa shape index (κ3) is 5.26. The zero-order valence-corrected chi connectivity index (χ0v) is 14.4. The lowest BCUT2D eigenvalue weighted by atomic mass is 10.4. The molecule has 0 unspecified atom stereocenters. The van der Waals surface area contributed by atoms with Crippen LogP contribution in [0.1, 0.15) is 27.2 Å². The Labute approximate surface area is 127 Å². The van der Waals surface area contributed by atoms with Crippen molar-refractivity contribution in [2.24, 2.45) is 0 Å². The average molecular weight is 308 g/mol. The predicted molar refractivity (Wildman–Crippen MR) is 86.5 cm³/mol. The molecule has 0 saturated carbocycles. The minimum atomic E-state index is -2.87. The van der Waals surface area contributed by atoms with Crippen LogP contribution in [0.3, 0.4) is 0 Å². The van der Waals surface area contributed by atoms with Crippen molar-refractivity contribution in [2.75, 3.05) is 6.61 Å². The Bertz CT molecular complexity index is 476. The van der Waals surface area contributed by atoms with Crippen LogP contribution in [0.15, 0.2) is 36.5 Å². The van der Waals surface area contributed by atoms with Gasteiger partial charge in [-0.15, -0.1) is 0 Å². The Morgan fingerprint density at radius 2 is 1.33 bits per heavy atom. The maximum Gasteiger partial charge on any atom is 0.333 e. The van der Waals surface area contributed by atoms with E-state index in [9.17, 15) is 14.4 Å². The molecule has 0 saturated heterocycles. The summed E-state index contributed by atoms with van der Waals surface area (Å²) in [6.45, 7) is 17.5. The van der Waals surface area contributed by atoms with Crippen molar-refractivity contribution >= 4 is 24.9 Å². The molecule has 0 rings (SSSR count). The smallest absolute Gasteiger partial charge is 0.333 e. The van der Waals surface area contributed by atoms with Crippen LogP contribution in [-0.4, -0.2) is 31.5 Å². The predicted octanol–water partition coefficient (Wildman–Crippen LogP) is 2.94. The van der Waals surface area contributed by atoms with Gasteiger partial charge in [-0.1, -0.05) is 26.3 Å². The summed E-state index contributed by atoms with van der Waals surface area (Å²) in [6.07, 6.45) is 0.458. The summed E-state index contributed by atoms with van der Waals surface area (Å²) in [4.78, 5) is 35.9. The first-order valence-electron chi connectivity index (χ1n) is 6.77. The summed E-state index contributed by atoms with van der Waals surface area (Å²) in [5, 5.41) is -0.330. The molecule has 0 spiro atoms. The van der Waals surface area contributed by atoms with E-state index in [0.29, 0.717) is 29.2 Å². The number of allylic oxidation sites excluding steroid dienone is 2. The number of rotatable bonds is 9. The summed E-state index contributed by atoms with van der Waals surface area (Å²) in [5.41, 5.74) is 1.10. The summed E-state index contributed by atoms with van der Waals surface area (Å²) < 4.78 is 5.00. The van der Waals surface area contributed by atoms with Gasteiger partial charge in [0, 0.05) is 5.57 Å². The standard InChI is InChI=1S/C16H24O4Si/c1-11(2)14(17)20-9-8-10-21(7,15(18)12(3)4)16(19)13(5)6/h1,3,5,8-10H2,2,4,6-7H3. The second-order valence-corrected chi connectivity index (χ2v) is 9.64. The lowest BCUT2D eigenvalue weighted by Crippen LogP contribution is -2.50. The SMILES string of the molecule is C=C(C)C(=O)OCCC[Si](C)(C(=O)C(=C)C)C(=O)C(=C)C. The fourth-order valence-corrected chi connectivity index (χ4v) is 5.38. The number of carbonyl (C=O) groups is 3. The largest absolute Gasteiger partial charge is 0.462 e. The molecule has 116 valence electrons. The molecule has 0 aromatic heterocycles. The number of carbonyl (C=O) groups excluding carboxylic acids is 3. The van der Waals surface area contributed by atoms with Crippen molar-refractivity contribution in [1.29, 1.82) is 0 Å². The van der Waals surface area contributed by atoms with E-state index in [-0.39, 0.29) is 17.4 Å². The van der Waals surface area contributed by atoms with Gasteiger partial charge in [0.15, 0.2) is 0 Å². The Morgan fingerprint density at radius 3 is 1.67 bits per heavy atom. The van der Waals surface area contributed by atoms with Crippen LogP contribution >= 0.6 is 0 Å². The van der Waals surface area contributed by atoms with Crippen LogP contribution in [-0.2, 0) is 19.1 Å². The first-order chi connectivity index (χ1) is 9.54. The minimum absolute atomic E-state index is 0.165. The van der Waals surface area contributed by atoms with Crippen LogP contribution in [0.4, 0.5) is 0 Å². The van der Waals surface area contributed by atoms with Crippen molar-refractivity contribution in [3.8, 4) is 0 Å². The third-order valence-electron chi connectivity index (χ3n) is 3.18. The molecule has 0 aromatic rings. The Kier molecular flexibility index (Phi) is 7.22. The molecule has 0 aliphatic rings. The number of esters is 1. The lowest BCUT2D eigenvalue weighted by Gasteiger charge is -2.24. The number of hydrogen-bond donors (Lipinski definition) is 0. The highest BCUT2D eigenvalue weighted by molar-refractivity contribution is 7.26. The van der Waals surface area contributed by atoms with Crippen LogP contribution in [0.2, 0.25) is 12.6 Å². The van der Waals surface area contributed by atoms with E-state index in [1.54, 1.807) is 27.3 Å². The fraction of sp³-hybridized carbons (Fsp3) is 0.438. The van der Waals surface area contributed by atoms with Crippen LogP contribution in [0.25, 0.3) is 0 Å². The maximum absolute atomic E-state index is 12.3. The molecule has 0 fully saturated rings. The molecular weight excluding hydrogens is 284 g/mol. The van der Waals surface area contributed by atoms with Gasteiger partial charge in [-0.3, -0.25) is 9.59 Å². The van der Waals surface area contributed by atoms with Gasteiger partial charge in [-0.05, 0) is 44.4 Å². The second-order valence-electron chi connectivity index (χ2n) is 5.57. The summed E-state index contributed by atoms with van der Waals surface area (Å²) in [6, 6.07) is 0.411. The first-order valence-corrected chi connectivity index (χ1v) is 9.48. The molecule has 0 aliphatic carbocycles. The normalized spacial score (nSPS) is 10.7. The van der Waals surface area contributed by atoms with Crippen molar-refractivity contribution < 1.29 is 19.1 Å². The van der Waals surface area contributed by atoms with Crippen LogP contribution in [0, 0.1) is 0 Å². The zero-order chi connectivity index (χ0) is 16.8. The summed E-state index contributed by atoms with van der Waals surface area (Å²) in [5.74, 6) is -0.462. The zero-order valence-electron chi connectivity index (χ0n) is 13.4. The van der Waals surface area contributed by atoms with Crippen LogP contribution < -0.4 is 0 Å². The van der Waals surface area contributed by atoms with Gasteiger partial charge >= 0.3 is 5.97 Å². The van der Waals surface area contributed by atoms with Gasteiger partial charge < -0.3 is 4.74 Å². The monoisotopic (exact) mass is 308 g/mol. The van der Waals surface area contributed by atoms with Crippen molar-refractivity contribution in [2.45, 2.75) is 39.8 Å². The van der Waals surface area contributed by atoms with Gasteiger partial charge in [0.25, 0.3) is 0 Å². The molecule has 0 amide bonds. The average Bonchev–Trinajstić information content (AvgIpc) is 2.40. The van der Waals surface area contributed by atoms with Crippen LogP contribution in [0.5, 0.6) is 0 Å². The van der Waals surface area contributed by atoms with E-state index in [0.717, 1.165) is 0 Å². The molecule has 0 heterocycles. The molecule has 0 aliphatic heterocycles. The summed E-state index contributed by atoms with van der Waals surface area (Å²) >= 11 is 0. The van der Waals surface area contributed by atoms with Gasteiger partial charge in [0.05, 0.1) is 6.61 Å². The highest BCUT2D eigenvalue weighted by atomic mass is 28.3. The Morgan fingerprint density at radius 1 is 0.905 bits per heavy atom. The van der Waals surface area contributed by atoms with E-state index in [1.165, 1.54) is 0 Å². The maximum atomic E-state index is 12.3.